The molecule has 4 nitrogen and oxygen atoms in total. The van der Waals surface area contributed by atoms with Gasteiger partial charge in [-0.1, -0.05) is 18.2 Å². The van der Waals surface area contributed by atoms with Crippen LogP contribution in [0.4, 0.5) is 4.39 Å². The molecular weight excluding hydrogens is 357 g/mol. The summed E-state index contributed by atoms with van der Waals surface area (Å²) in [5.74, 6) is 0.903. The summed E-state index contributed by atoms with van der Waals surface area (Å²) < 4.78 is 24.2. The molecule has 1 aliphatic carbocycles. The largest absolute Gasteiger partial charge is 0.493 e. The average molecular weight is 383 g/mol. The van der Waals surface area contributed by atoms with Crippen molar-refractivity contribution in [3.63, 3.8) is 0 Å². The van der Waals surface area contributed by atoms with Crippen molar-refractivity contribution in [2.45, 2.75) is 38.2 Å². The summed E-state index contributed by atoms with van der Waals surface area (Å²) in [5, 5.41) is 2.96. The van der Waals surface area contributed by atoms with E-state index in [4.69, 9.17) is 9.47 Å². The van der Waals surface area contributed by atoms with E-state index in [-0.39, 0.29) is 23.2 Å². The first kappa shape index (κ1) is 19.9. The van der Waals surface area contributed by atoms with Crippen molar-refractivity contribution in [2.24, 2.45) is 0 Å². The van der Waals surface area contributed by atoms with Gasteiger partial charge in [0.05, 0.1) is 13.2 Å². The van der Waals surface area contributed by atoms with Gasteiger partial charge in [0.1, 0.15) is 5.82 Å². The number of ether oxygens (including phenoxy) is 2. The molecule has 1 saturated carbocycles. The highest BCUT2D eigenvalue weighted by molar-refractivity contribution is 5.91. The minimum Gasteiger partial charge on any atom is -0.493 e. The van der Waals surface area contributed by atoms with E-state index in [1.54, 1.807) is 25.3 Å². The second-order valence-corrected chi connectivity index (χ2v) is 7.42. The molecule has 148 valence electrons. The lowest BCUT2D eigenvalue weighted by atomic mass is 9.96. The van der Waals surface area contributed by atoms with Crippen LogP contribution in [-0.2, 0) is 10.2 Å². The highest BCUT2D eigenvalue weighted by atomic mass is 19.1. The van der Waals surface area contributed by atoms with E-state index in [1.807, 2.05) is 32.0 Å². The van der Waals surface area contributed by atoms with Gasteiger partial charge in [-0.25, -0.2) is 4.39 Å². The molecule has 0 atom stereocenters. The molecule has 0 bridgehead atoms. The summed E-state index contributed by atoms with van der Waals surface area (Å²) in [7, 11) is 1.59. The highest BCUT2D eigenvalue weighted by Gasteiger charge is 2.44. The number of hydrogen-bond donors (Lipinski definition) is 1. The molecule has 0 aliphatic heterocycles. The lowest BCUT2D eigenvalue weighted by molar-refractivity contribution is -0.116. The van der Waals surface area contributed by atoms with Crippen molar-refractivity contribution in [3.05, 3.63) is 65.5 Å². The molecule has 1 fully saturated rings. The Labute approximate surface area is 165 Å². The Hall–Kier alpha value is -2.82. The number of carbonyl (C=O) groups excluding carboxylic acids is 1. The molecule has 0 aromatic heterocycles. The zero-order valence-electron chi connectivity index (χ0n) is 16.5. The maximum Gasteiger partial charge on any atom is 0.244 e. The normalized spacial score (nSPS) is 14.9. The van der Waals surface area contributed by atoms with Gasteiger partial charge < -0.3 is 14.8 Å². The quantitative estimate of drug-likeness (QED) is 0.684. The van der Waals surface area contributed by atoms with E-state index in [0.717, 1.165) is 24.0 Å². The Morgan fingerprint density at radius 3 is 2.50 bits per heavy atom. The van der Waals surface area contributed by atoms with E-state index < -0.39 is 0 Å². The zero-order chi connectivity index (χ0) is 20.1. The average Bonchev–Trinajstić information content (AvgIpc) is 3.47. The highest BCUT2D eigenvalue weighted by Crippen LogP contribution is 2.47. The molecule has 5 heteroatoms. The molecule has 2 aromatic carbocycles. The van der Waals surface area contributed by atoms with Crippen molar-refractivity contribution in [1.29, 1.82) is 0 Å². The Balaban J connectivity index is 1.59. The molecule has 1 N–H and O–H groups in total. The predicted molar refractivity (Wildman–Crippen MR) is 108 cm³/mol. The SMILES string of the molecule is COc1cc(/C=C/C(=O)NCC2(c3ccc(F)cc3)CC2)ccc1OC(C)C. The first-order valence-corrected chi connectivity index (χ1v) is 9.48. The van der Waals surface area contributed by atoms with Crippen LogP contribution in [0.1, 0.15) is 37.8 Å². The Bertz CT molecular complexity index is 855. The molecule has 2 aromatic rings. The van der Waals surface area contributed by atoms with Crippen LogP contribution in [0, 0.1) is 5.82 Å². The Morgan fingerprint density at radius 1 is 1.18 bits per heavy atom. The summed E-state index contributed by atoms with van der Waals surface area (Å²) in [6, 6.07) is 12.1. The smallest absolute Gasteiger partial charge is 0.244 e. The van der Waals surface area contributed by atoms with Gasteiger partial charge in [0, 0.05) is 18.0 Å². The molecule has 3 rings (SSSR count). The van der Waals surface area contributed by atoms with Gasteiger partial charge in [-0.2, -0.15) is 0 Å². The van der Waals surface area contributed by atoms with Gasteiger partial charge >= 0.3 is 0 Å². The number of hydrogen-bond acceptors (Lipinski definition) is 3. The topological polar surface area (TPSA) is 47.6 Å². The zero-order valence-corrected chi connectivity index (χ0v) is 16.5. The van der Waals surface area contributed by atoms with E-state index >= 15 is 0 Å². The number of halogens is 1. The van der Waals surface area contributed by atoms with Gasteiger partial charge in [0.25, 0.3) is 0 Å². The monoisotopic (exact) mass is 383 g/mol. The molecule has 28 heavy (non-hydrogen) atoms. The minimum atomic E-state index is -0.244. The summed E-state index contributed by atoms with van der Waals surface area (Å²) in [4.78, 5) is 12.2. The van der Waals surface area contributed by atoms with Crippen molar-refractivity contribution in [2.75, 3.05) is 13.7 Å². The molecule has 0 saturated heterocycles. The number of rotatable bonds is 8. The van der Waals surface area contributed by atoms with Gasteiger partial charge in [0.2, 0.25) is 5.91 Å². The second kappa shape index (κ2) is 8.46. The summed E-state index contributed by atoms with van der Waals surface area (Å²) in [5.41, 5.74) is 1.86. The van der Waals surface area contributed by atoms with E-state index in [0.29, 0.717) is 18.0 Å². The van der Waals surface area contributed by atoms with E-state index in [2.05, 4.69) is 5.32 Å². The summed E-state index contributed by atoms with van der Waals surface area (Å²) in [6.45, 7) is 4.46. The second-order valence-electron chi connectivity index (χ2n) is 7.42. The van der Waals surface area contributed by atoms with Crippen LogP contribution < -0.4 is 14.8 Å². The summed E-state index contributed by atoms with van der Waals surface area (Å²) in [6.07, 6.45) is 5.30. The molecule has 1 aliphatic rings. The van der Waals surface area contributed by atoms with Gasteiger partial charge in [-0.3, -0.25) is 4.79 Å². The molecule has 0 unspecified atom stereocenters. The first-order chi connectivity index (χ1) is 13.4. The van der Waals surface area contributed by atoms with Gasteiger partial charge in [-0.05, 0) is 68.2 Å². The van der Waals surface area contributed by atoms with Crippen LogP contribution in [0.25, 0.3) is 6.08 Å². The molecule has 1 amide bonds. The lowest BCUT2D eigenvalue weighted by Crippen LogP contribution is -2.31. The minimum absolute atomic E-state index is 0.0527. The first-order valence-electron chi connectivity index (χ1n) is 9.48. The standard InChI is InChI=1S/C23H26FNO3/c1-16(2)28-20-10-4-17(14-21(20)27-3)5-11-22(26)25-15-23(12-13-23)18-6-8-19(24)9-7-18/h4-11,14,16H,12-13,15H2,1-3H3,(H,25,26)/b11-5+. The lowest BCUT2D eigenvalue weighted by Gasteiger charge is -2.16. The van der Waals surface area contributed by atoms with Crippen molar-refractivity contribution in [3.8, 4) is 11.5 Å². The molecule has 0 heterocycles. The van der Waals surface area contributed by atoms with Crippen LogP contribution in [0.5, 0.6) is 11.5 Å². The third kappa shape index (κ3) is 4.91. The Kier molecular flexibility index (Phi) is 6.02. The molecular formula is C23H26FNO3. The third-order valence-electron chi connectivity index (χ3n) is 4.89. The molecule has 0 spiro atoms. The fraction of sp³-hybridized carbons (Fsp3) is 0.348. The Morgan fingerprint density at radius 2 is 1.89 bits per heavy atom. The predicted octanol–water partition coefficient (Wildman–Crippen LogP) is 4.48. The third-order valence-corrected chi connectivity index (χ3v) is 4.89. The van der Waals surface area contributed by atoms with Crippen LogP contribution in [-0.4, -0.2) is 25.7 Å². The number of nitrogens with one attached hydrogen (secondary N) is 1. The van der Waals surface area contributed by atoms with Crippen LogP contribution in [0.15, 0.2) is 48.5 Å². The summed E-state index contributed by atoms with van der Waals surface area (Å²) >= 11 is 0. The van der Waals surface area contributed by atoms with E-state index in [1.165, 1.54) is 18.2 Å². The number of benzene rings is 2. The molecule has 0 radical (unpaired) electrons. The number of carbonyl (C=O) groups is 1. The van der Waals surface area contributed by atoms with E-state index in [9.17, 15) is 9.18 Å². The van der Waals surface area contributed by atoms with Crippen LogP contribution in [0.3, 0.4) is 0 Å². The maximum atomic E-state index is 13.1. The van der Waals surface area contributed by atoms with Crippen molar-refractivity contribution >= 4 is 12.0 Å². The van der Waals surface area contributed by atoms with Crippen LogP contribution >= 0.6 is 0 Å². The van der Waals surface area contributed by atoms with Crippen molar-refractivity contribution in [1.82, 2.24) is 5.32 Å². The fourth-order valence-electron chi connectivity index (χ4n) is 3.15. The number of amides is 1. The maximum absolute atomic E-state index is 13.1. The van der Waals surface area contributed by atoms with Gasteiger partial charge in [0.15, 0.2) is 11.5 Å². The fourth-order valence-corrected chi connectivity index (χ4v) is 3.15. The van der Waals surface area contributed by atoms with Crippen LogP contribution in [0.2, 0.25) is 0 Å². The number of methoxy groups -OCH3 is 1. The van der Waals surface area contributed by atoms with Crippen molar-refractivity contribution < 1.29 is 18.7 Å². The van der Waals surface area contributed by atoms with Gasteiger partial charge in [-0.15, -0.1) is 0 Å².